The van der Waals surface area contributed by atoms with Crippen LogP contribution in [0.15, 0.2) is 40.9 Å². The number of nitrogens with zero attached hydrogens (tertiary/aromatic N) is 2. The second-order valence-corrected chi connectivity index (χ2v) is 13.2. The number of likely N-dealkylation sites (tertiary alicyclic amines) is 1. The molecule has 5 bridgehead atoms. The Balaban J connectivity index is 1.70. The van der Waals surface area contributed by atoms with E-state index in [1.165, 1.54) is 4.90 Å². The minimum absolute atomic E-state index is 0.126. The number of hydrogen-bond donors (Lipinski definition) is 2. The topological polar surface area (TPSA) is 125 Å². The number of cyclic esters (lactones) is 1. The lowest BCUT2D eigenvalue weighted by Crippen LogP contribution is -2.59. The molecule has 10 nitrogen and oxygen atoms in total. The van der Waals surface area contributed by atoms with Gasteiger partial charge >= 0.3 is 5.97 Å². The van der Waals surface area contributed by atoms with E-state index in [1.807, 2.05) is 58.0 Å². The van der Waals surface area contributed by atoms with Crippen molar-refractivity contribution in [2.75, 3.05) is 24.6 Å². The van der Waals surface area contributed by atoms with E-state index in [9.17, 15) is 19.5 Å². The number of carbonyl (C=O) groups excluding carboxylic acids is 4. The molecule has 4 aliphatic rings. The van der Waals surface area contributed by atoms with Crippen molar-refractivity contribution in [3.05, 3.63) is 52.0 Å². The number of carbonyl (C=O) groups is 4. The summed E-state index contributed by atoms with van der Waals surface area (Å²) in [4.78, 5) is 58.8. The second-order valence-electron chi connectivity index (χ2n) is 12.3. The standard InChI is InChI=1S/C32H40BrN3O7/c1-17(2)22(16-37)36-28-30(40)35(26-18(3)10-9-11-19(26)4)13-8-6-7-12-23(38)34-15-20(5)42-31(41)24-25(29(36)39)32(28)14-21(33)27(24)43-32/h6,8-11,14,17,20,22,24-25,27-28,37H,7,12-13,15-16H2,1-5H3,(H,34,38)/b8-6-/t20-,22+,24+,25-,27+,28+,32-/m1/s1. The molecule has 3 amide bonds. The van der Waals surface area contributed by atoms with Gasteiger partial charge in [0.2, 0.25) is 11.8 Å². The first-order valence-electron chi connectivity index (χ1n) is 14.9. The molecular formula is C32H40BrN3O7. The van der Waals surface area contributed by atoms with E-state index in [1.54, 1.807) is 17.9 Å². The molecule has 4 aliphatic heterocycles. The van der Waals surface area contributed by atoms with Crippen LogP contribution in [0.1, 0.15) is 44.7 Å². The zero-order chi connectivity index (χ0) is 31.2. The maximum Gasteiger partial charge on any atom is 0.313 e. The SMILES string of the molecule is Cc1cccc(C)c1N1C/C=C\CCC(=O)NC[C@@H](C)OC(=O)[C@@H]2[C@H]3O[C@@]4(C=C3Br)[C@H](C1=O)N([C@@H](CO)C(C)C)C(=O)[C@@H]24. The third-order valence-corrected chi connectivity index (χ3v) is 9.74. The first-order valence-corrected chi connectivity index (χ1v) is 15.7. The number of aryl methyl sites for hydroxylation is 2. The average Bonchev–Trinajstić information content (AvgIpc) is 3.53. The molecule has 7 atom stereocenters. The molecule has 0 aliphatic carbocycles. The van der Waals surface area contributed by atoms with Crippen molar-refractivity contribution in [3.63, 3.8) is 0 Å². The maximum absolute atomic E-state index is 15.0. The van der Waals surface area contributed by atoms with Crippen LogP contribution in [0.25, 0.3) is 0 Å². The van der Waals surface area contributed by atoms with Crippen molar-refractivity contribution in [2.24, 2.45) is 17.8 Å². The van der Waals surface area contributed by atoms with Crippen LogP contribution < -0.4 is 10.2 Å². The number of fused-ring (bicyclic) bond motifs is 2. The first-order chi connectivity index (χ1) is 20.4. The Hall–Kier alpha value is -3.02. The molecule has 232 valence electrons. The van der Waals surface area contributed by atoms with Gasteiger partial charge in [0.25, 0.3) is 5.91 Å². The molecule has 5 rings (SSSR count). The number of anilines is 1. The van der Waals surface area contributed by atoms with Gasteiger partial charge in [-0.3, -0.25) is 19.2 Å². The number of ether oxygens (including phenoxy) is 2. The number of nitrogens with one attached hydrogen (secondary N) is 1. The average molecular weight is 659 g/mol. The summed E-state index contributed by atoms with van der Waals surface area (Å²) in [6, 6.07) is 3.94. The predicted molar refractivity (Wildman–Crippen MR) is 163 cm³/mol. The van der Waals surface area contributed by atoms with Gasteiger partial charge in [-0.2, -0.15) is 0 Å². The lowest BCUT2D eigenvalue weighted by Gasteiger charge is -2.40. The maximum atomic E-state index is 15.0. The fourth-order valence-corrected chi connectivity index (χ4v) is 7.77. The number of rotatable bonds is 4. The Morgan fingerprint density at radius 2 is 1.81 bits per heavy atom. The van der Waals surface area contributed by atoms with Crippen LogP contribution in [-0.2, 0) is 28.7 Å². The van der Waals surface area contributed by atoms with Crippen LogP contribution in [-0.4, -0.2) is 83.3 Å². The van der Waals surface area contributed by atoms with Crippen LogP contribution in [0.5, 0.6) is 0 Å². The summed E-state index contributed by atoms with van der Waals surface area (Å²) in [5.74, 6) is -3.84. The summed E-state index contributed by atoms with van der Waals surface area (Å²) < 4.78 is 12.9. The normalized spacial score (nSPS) is 32.9. The molecule has 0 unspecified atom stereocenters. The van der Waals surface area contributed by atoms with Crippen molar-refractivity contribution in [3.8, 4) is 0 Å². The highest BCUT2D eigenvalue weighted by Crippen LogP contribution is 2.59. The van der Waals surface area contributed by atoms with E-state index in [4.69, 9.17) is 9.47 Å². The number of benzene rings is 1. The van der Waals surface area contributed by atoms with Crippen molar-refractivity contribution in [1.82, 2.24) is 10.2 Å². The largest absolute Gasteiger partial charge is 0.460 e. The van der Waals surface area contributed by atoms with E-state index in [0.717, 1.165) is 11.1 Å². The van der Waals surface area contributed by atoms with Gasteiger partial charge in [0, 0.05) is 23.1 Å². The molecule has 2 N–H and O–H groups in total. The van der Waals surface area contributed by atoms with Gasteiger partial charge in [0.05, 0.1) is 25.1 Å². The van der Waals surface area contributed by atoms with Crippen LogP contribution in [0.2, 0.25) is 0 Å². The quantitative estimate of drug-likeness (QED) is 0.377. The van der Waals surface area contributed by atoms with Crippen LogP contribution in [0.4, 0.5) is 5.69 Å². The van der Waals surface area contributed by atoms with Crippen molar-refractivity contribution >= 4 is 45.3 Å². The van der Waals surface area contributed by atoms with Gasteiger partial charge < -0.3 is 29.7 Å². The zero-order valence-corrected chi connectivity index (χ0v) is 26.8. The van der Waals surface area contributed by atoms with E-state index < -0.39 is 53.6 Å². The monoisotopic (exact) mass is 657 g/mol. The van der Waals surface area contributed by atoms with E-state index in [2.05, 4.69) is 21.2 Å². The van der Waals surface area contributed by atoms with E-state index in [-0.39, 0.29) is 43.8 Å². The highest BCUT2D eigenvalue weighted by Gasteiger charge is 2.75. The Morgan fingerprint density at radius 3 is 2.47 bits per heavy atom. The highest BCUT2D eigenvalue weighted by atomic mass is 79.9. The molecular weight excluding hydrogens is 618 g/mol. The number of amides is 3. The molecule has 43 heavy (non-hydrogen) atoms. The third-order valence-electron chi connectivity index (χ3n) is 9.06. The van der Waals surface area contributed by atoms with Crippen LogP contribution in [0, 0.1) is 31.6 Å². The molecule has 0 saturated carbocycles. The number of aliphatic hydroxyl groups excluding tert-OH is 1. The van der Waals surface area contributed by atoms with E-state index >= 15 is 4.79 Å². The molecule has 2 saturated heterocycles. The summed E-state index contributed by atoms with van der Waals surface area (Å²) in [5.41, 5.74) is 1.02. The van der Waals surface area contributed by atoms with Gasteiger partial charge in [-0.25, -0.2) is 0 Å². The van der Waals surface area contributed by atoms with Crippen molar-refractivity contribution in [1.29, 1.82) is 0 Å². The van der Waals surface area contributed by atoms with E-state index in [0.29, 0.717) is 16.6 Å². The lowest BCUT2D eigenvalue weighted by atomic mass is 9.74. The van der Waals surface area contributed by atoms with Crippen LogP contribution >= 0.6 is 15.9 Å². The van der Waals surface area contributed by atoms with Crippen molar-refractivity contribution in [2.45, 2.75) is 77.4 Å². The number of aliphatic hydroxyl groups is 1. The fourth-order valence-electron chi connectivity index (χ4n) is 7.03. The molecule has 0 aromatic heterocycles. The lowest BCUT2D eigenvalue weighted by molar-refractivity contribution is -0.159. The Kier molecular flexibility index (Phi) is 8.89. The number of halogens is 1. The van der Waals surface area contributed by atoms with Gasteiger partial charge in [-0.05, 0) is 50.3 Å². The Labute approximate surface area is 260 Å². The number of allylic oxidation sites excluding steroid dienone is 1. The molecule has 1 spiro atoms. The minimum Gasteiger partial charge on any atom is -0.460 e. The minimum atomic E-state index is -1.45. The summed E-state index contributed by atoms with van der Waals surface area (Å²) in [6.45, 7) is 9.26. The summed E-state index contributed by atoms with van der Waals surface area (Å²) in [6.07, 6.45) is 4.73. The predicted octanol–water partition coefficient (Wildman–Crippen LogP) is 2.92. The molecule has 0 radical (unpaired) electrons. The molecule has 11 heteroatoms. The van der Waals surface area contributed by atoms with Crippen molar-refractivity contribution < 1.29 is 33.8 Å². The van der Waals surface area contributed by atoms with Gasteiger partial charge in [0.15, 0.2) is 0 Å². The summed E-state index contributed by atoms with van der Waals surface area (Å²) in [7, 11) is 0. The highest BCUT2D eigenvalue weighted by molar-refractivity contribution is 9.11. The van der Waals surface area contributed by atoms with Gasteiger partial charge in [-0.1, -0.05) is 60.1 Å². The van der Waals surface area contributed by atoms with Crippen LogP contribution in [0.3, 0.4) is 0 Å². The number of hydrogen-bond acceptors (Lipinski definition) is 7. The number of esters is 1. The zero-order valence-electron chi connectivity index (χ0n) is 25.2. The second kappa shape index (κ2) is 12.2. The smallest absolute Gasteiger partial charge is 0.313 e. The van der Waals surface area contributed by atoms with Gasteiger partial charge in [0.1, 0.15) is 29.8 Å². The third kappa shape index (κ3) is 5.33. The summed E-state index contributed by atoms with van der Waals surface area (Å²) >= 11 is 3.56. The number of para-hydroxylation sites is 1. The van der Waals surface area contributed by atoms with Gasteiger partial charge in [-0.15, -0.1) is 0 Å². The molecule has 4 heterocycles. The Morgan fingerprint density at radius 1 is 1.12 bits per heavy atom. The first kappa shape index (κ1) is 31.4. The Bertz CT molecular complexity index is 1360. The summed E-state index contributed by atoms with van der Waals surface area (Å²) in [5, 5.41) is 13.3. The fraction of sp³-hybridized carbons (Fsp3) is 0.562. The molecule has 2 fully saturated rings. The molecule has 1 aromatic rings. The molecule has 1 aromatic carbocycles.